The Hall–Kier alpha value is -0.180. The first kappa shape index (κ1) is 21.9. The van der Waals surface area contributed by atoms with Crippen LogP contribution in [0.4, 0.5) is 0 Å². The first-order chi connectivity index (χ1) is 11.2. The largest absolute Gasteiger partial charge is 0.356 e. The van der Waals surface area contributed by atoms with Gasteiger partial charge in [0.2, 0.25) is 0 Å². The van der Waals surface area contributed by atoms with Gasteiger partial charge in [-0.1, -0.05) is 23.7 Å². The highest BCUT2D eigenvalue weighted by Gasteiger charge is 2.23. The molecule has 1 aromatic rings. The van der Waals surface area contributed by atoms with E-state index in [2.05, 4.69) is 38.9 Å². The van der Waals surface area contributed by atoms with Crippen molar-refractivity contribution in [2.75, 3.05) is 45.2 Å². The van der Waals surface area contributed by atoms with E-state index in [0.717, 1.165) is 42.9 Å². The van der Waals surface area contributed by atoms with Gasteiger partial charge in [0, 0.05) is 30.9 Å². The molecular weight excluding hydrogens is 455 g/mol. The summed E-state index contributed by atoms with van der Waals surface area (Å²) in [6, 6.07) is 8.54. The zero-order valence-electron chi connectivity index (χ0n) is 14.4. The molecule has 4 nitrogen and oxygen atoms in total. The summed E-state index contributed by atoms with van der Waals surface area (Å²) in [6.45, 7) is 4.06. The second kappa shape index (κ2) is 12.2. The van der Waals surface area contributed by atoms with Crippen molar-refractivity contribution in [1.29, 1.82) is 0 Å². The minimum atomic E-state index is 0. The van der Waals surface area contributed by atoms with E-state index in [1.165, 1.54) is 18.4 Å². The van der Waals surface area contributed by atoms with Gasteiger partial charge in [-0.25, -0.2) is 0 Å². The number of hydrogen-bond acceptors (Lipinski definition) is 3. The number of thioether (sulfide) groups is 1. The number of nitrogens with zero attached hydrogens (tertiary/aromatic N) is 2. The van der Waals surface area contributed by atoms with E-state index in [-0.39, 0.29) is 24.0 Å². The highest BCUT2D eigenvalue weighted by Crippen LogP contribution is 2.26. The van der Waals surface area contributed by atoms with Crippen molar-refractivity contribution in [3.63, 3.8) is 0 Å². The number of rotatable bonds is 7. The fraction of sp³-hybridized carbons (Fsp3) is 0.588. The molecule has 2 rings (SSSR count). The van der Waals surface area contributed by atoms with Gasteiger partial charge in [0.25, 0.3) is 0 Å². The third kappa shape index (κ3) is 6.98. The fourth-order valence-corrected chi connectivity index (χ4v) is 3.42. The summed E-state index contributed by atoms with van der Waals surface area (Å²) in [5.74, 6) is 1.94. The Morgan fingerprint density at radius 3 is 2.71 bits per heavy atom. The number of aliphatic imine (C=N–C) groups is 1. The summed E-state index contributed by atoms with van der Waals surface area (Å²) in [5.41, 5.74) is 1.27. The summed E-state index contributed by atoms with van der Waals surface area (Å²) in [7, 11) is 1.82. The average molecular weight is 483 g/mol. The van der Waals surface area contributed by atoms with E-state index in [4.69, 9.17) is 11.6 Å². The lowest BCUT2D eigenvalue weighted by molar-refractivity contribution is 0.245. The molecule has 1 saturated heterocycles. The number of guanidine groups is 1. The van der Waals surface area contributed by atoms with Gasteiger partial charge in [0.1, 0.15) is 0 Å². The lowest BCUT2D eigenvalue weighted by atomic mass is 10.1. The van der Waals surface area contributed by atoms with Gasteiger partial charge >= 0.3 is 0 Å². The summed E-state index contributed by atoms with van der Waals surface area (Å²) in [5, 5.41) is 7.62. The third-order valence-electron chi connectivity index (χ3n) is 4.10. The Bertz CT molecular complexity index is 509. The maximum Gasteiger partial charge on any atom is 0.191 e. The maximum atomic E-state index is 6.19. The van der Waals surface area contributed by atoms with Gasteiger partial charge in [0.05, 0.1) is 6.04 Å². The molecular formula is C17H28ClIN4S. The zero-order chi connectivity index (χ0) is 16.5. The van der Waals surface area contributed by atoms with Crippen molar-refractivity contribution < 1.29 is 0 Å². The summed E-state index contributed by atoms with van der Waals surface area (Å²) in [6.07, 6.45) is 4.66. The van der Waals surface area contributed by atoms with Gasteiger partial charge in [0.15, 0.2) is 5.96 Å². The molecule has 1 fully saturated rings. The Morgan fingerprint density at radius 1 is 1.33 bits per heavy atom. The highest BCUT2D eigenvalue weighted by molar-refractivity contribution is 14.0. The predicted octanol–water partition coefficient (Wildman–Crippen LogP) is 3.62. The Kier molecular flexibility index (Phi) is 11.1. The number of benzene rings is 1. The first-order valence-corrected chi connectivity index (χ1v) is 9.94. The SMILES string of the molecule is CN=C(NCCSC)NCC(c1cccc(Cl)c1)N1CCCC1.I. The molecule has 1 aromatic carbocycles. The van der Waals surface area contributed by atoms with Crippen LogP contribution in [0, 0.1) is 0 Å². The van der Waals surface area contributed by atoms with E-state index in [0.29, 0.717) is 6.04 Å². The molecule has 0 amide bonds. The number of halogens is 2. The topological polar surface area (TPSA) is 39.7 Å². The summed E-state index contributed by atoms with van der Waals surface area (Å²) in [4.78, 5) is 6.85. The van der Waals surface area contributed by atoms with Crippen LogP contribution in [0.15, 0.2) is 29.3 Å². The minimum Gasteiger partial charge on any atom is -0.356 e. The molecule has 0 radical (unpaired) electrons. The summed E-state index contributed by atoms with van der Waals surface area (Å²) < 4.78 is 0. The average Bonchev–Trinajstić information content (AvgIpc) is 3.08. The fourth-order valence-electron chi connectivity index (χ4n) is 2.91. The Labute approximate surface area is 172 Å². The molecule has 1 heterocycles. The van der Waals surface area contributed by atoms with Crippen LogP contribution < -0.4 is 10.6 Å². The van der Waals surface area contributed by atoms with Crippen LogP contribution >= 0.6 is 47.3 Å². The summed E-state index contributed by atoms with van der Waals surface area (Å²) >= 11 is 8.02. The van der Waals surface area contributed by atoms with Crippen LogP contribution in [0.25, 0.3) is 0 Å². The lowest BCUT2D eigenvalue weighted by Crippen LogP contribution is -2.43. The molecule has 0 spiro atoms. The Balaban J connectivity index is 0.00000288. The maximum absolute atomic E-state index is 6.19. The molecule has 2 N–H and O–H groups in total. The monoisotopic (exact) mass is 482 g/mol. The molecule has 7 heteroatoms. The quantitative estimate of drug-likeness (QED) is 0.269. The minimum absolute atomic E-state index is 0. The van der Waals surface area contributed by atoms with Crippen molar-refractivity contribution in [2.24, 2.45) is 4.99 Å². The van der Waals surface area contributed by atoms with Crippen molar-refractivity contribution in [2.45, 2.75) is 18.9 Å². The zero-order valence-corrected chi connectivity index (χ0v) is 18.3. The van der Waals surface area contributed by atoms with Crippen LogP contribution in [0.3, 0.4) is 0 Å². The molecule has 136 valence electrons. The van der Waals surface area contributed by atoms with Crippen LogP contribution in [0.5, 0.6) is 0 Å². The highest BCUT2D eigenvalue weighted by atomic mass is 127. The van der Waals surface area contributed by atoms with Gasteiger partial charge in [-0.15, -0.1) is 24.0 Å². The molecule has 0 bridgehead atoms. The molecule has 1 aliphatic rings. The van der Waals surface area contributed by atoms with E-state index in [9.17, 15) is 0 Å². The van der Waals surface area contributed by atoms with E-state index in [1.807, 2.05) is 30.9 Å². The lowest BCUT2D eigenvalue weighted by Gasteiger charge is -2.29. The first-order valence-electron chi connectivity index (χ1n) is 8.17. The van der Waals surface area contributed by atoms with Crippen LogP contribution in [0.1, 0.15) is 24.4 Å². The third-order valence-corrected chi connectivity index (χ3v) is 4.95. The molecule has 0 aromatic heterocycles. The van der Waals surface area contributed by atoms with Gasteiger partial charge in [-0.3, -0.25) is 9.89 Å². The van der Waals surface area contributed by atoms with Crippen LogP contribution in [0.2, 0.25) is 5.02 Å². The standard InChI is InChI=1S/C17H27ClN4S.HI/c1-19-17(20-8-11-23-2)21-13-16(22-9-3-4-10-22)14-6-5-7-15(18)12-14;/h5-7,12,16H,3-4,8-11,13H2,1-2H3,(H2,19,20,21);1H. The van der Waals surface area contributed by atoms with Crippen molar-refractivity contribution in [1.82, 2.24) is 15.5 Å². The Morgan fingerprint density at radius 2 is 2.08 bits per heavy atom. The van der Waals surface area contributed by atoms with Crippen LogP contribution in [-0.4, -0.2) is 56.1 Å². The van der Waals surface area contributed by atoms with E-state index < -0.39 is 0 Å². The second-order valence-electron chi connectivity index (χ2n) is 5.69. The predicted molar refractivity (Wildman–Crippen MR) is 118 cm³/mol. The van der Waals surface area contributed by atoms with Gasteiger partial charge < -0.3 is 10.6 Å². The number of hydrogen-bond donors (Lipinski definition) is 2. The second-order valence-corrected chi connectivity index (χ2v) is 7.11. The molecule has 1 unspecified atom stereocenters. The molecule has 1 atom stereocenters. The molecule has 24 heavy (non-hydrogen) atoms. The molecule has 0 saturated carbocycles. The molecule has 0 aliphatic carbocycles. The van der Waals surface area contributed by atoms with Crippen molar-refractivity contribution >= 4 is 53.3 Å². The van der Waals surface area contributed by atoms with E-state index in [1.54, 1.807) is 0 Å². The van der Waals surface area contributed by atoms with Crippen molar-refractivity contribution in [3.8, 4) is 0 Å². The van der Waals surface area contributed by atoms with Crippen molar-refractivity contribution in [3.05, 3.63) is 34.9 Å². The normalized spacial score (nSPS) is 16.5. The smallest absolute Gasteiger partial charge is 0.191 e. The molecule has 1 aliphatic heterocycles. The van der Waals surface area contributed by atoms with Gasteiger partial charge in [-0.2, -0.15) is 11.8 Å². The number of nitrogens with one attached hydrogen (secondary N) is 2. The van der Waals surface area contributed by atoms with Gasteiger partial charge in [-0.05, 0) is 49.9 Å². The van der Waals surface area contributed by atoms with E-state index >= 15 is 0 Å². The number of likely N-dealkylation sites (tertiary alicyclic amines) is 1. The van der Waals surface area contributed by atoms with Crippen LogP contribution in [-0.2, 0) is 0 Å².